The van der Waals surface area contributed by atoms with Gasteiger partial charge in [0.25, 0.3) is 0 Å². The SMILES string of the molecule is NC[C@@H]1C[C@@H](O)CN1c1nc(Nc2ccc(C(N)=O)cc2)nc(N2C[C@H](N)C[C@H](N)C2)n1. The largest absolute Gasteiger partial charge is 0.391 e. The zero-order valence-electron chi connectivity index (χ0n) is 17.8. The molecule has 4 rings (SSSR count). The number of benzene rings is 1. The Morgan fingerprint density at radius 1 is 1.03 bits per heavy atom. The fraction of sp³-hybridized carbons (Fsp3) is 0.500. The number of nitrogens with zero attached hydrogens (tertiary/aromatic N) is 5. The van der Waals surface area contributed by atoms with Crippen molar-refractivity contribution in [3.8, 4) is 0 Å². The molecule has 0 bridgehead atoms. The molecule has 0 spiro atoms. The van der Waals surface area contributed by atoms with E-state index in [1.165, 1.54) is 0 Å². The van der Waals surface area contributed by atoms with Gasteiger partial charge in [0.15, 0.2) is 0 Å². The number of primary amides is 1. The standard InChI is InChI=1S/C20H30N10O2/c21-7-15-6-16(31)10-30(15)20-27-18(25-14-3-1-11(2-4-14)17(24)32)26-19(28-20)29-8-12(22)5-13(23)9-29/h1-4,12-13,15-16,31H,5-10,21-23H2,(H2,24,32)(H,25,26,27,28)/t12-,13+,15-,16+/m0/s1. The molecule has 4 atom stereocenters. The third-order valence-electron chi connectivity index (χ3n) is 5.76. The summed E-state index contributed by atoms with van der Waals surface area (Å²) in [5, 5.41) is 13.3. The van der Waals surface area contributed by atoms with Crippen molar-refractivity contribution in [1.82, 2.24) is 15.0 Å². The second kappa shape index (κ2) is 9.20. The van der Waals surface area contributed by atoms with E-state index in [9.17, 15) is 9.90 Å². The summed E-state index contributed by atoms with van der Waals surface area (Å²) in [5.41, 5.74) is 24.7. The summed E-state index contributed by atoms with van der Waals surface area (Å²) in [4.78, 5) is 29.0. The predicted molar refractivity (Wildman–Crippen MR) is 122 cm³/mol. The lowest BCUT2D eigenvalue weighted by Gasteiger charge is -2.35. The Kier molecular flexibility index (Phi) is 6.37. The van der Waals surface area contributed by atoms with Gasteiger partial charge in [0.05, 0.1) is 6.10 Å². The quantitative estimate of drug-likeness (QED) is 0.303. The molecule has 1 amide bonds. The van der Waals surface area contributed by atoms with Gasteiger partial charge in [0, 0.05) is 55.6 Å². The van der Waals surface area contributed by atoms with Crippen LogP contribution in [0.15, 0.2) is 24.3 Å². The van der Waals surface area contributed by atoms with Gasteiger partial charge in [-0.15, -0.1) is 0 Å². The Labute approximate surface area is 186 Å². The Morgan fingerprint density at radius 2 is 1.69 bits per heavy atom. The molecule has 0 unspecified atom stereocenters. The van der Waals surface area contributed by atoms with Crippen LogP contribution in [0.25, 0.3) is 0 Å². The van der Waals surface area contributed by atoms with Gasteiger partial charge in [-0.25, -0.2) is 0 Å². The summed E-state index contributed by atoms with van der Waals surface area (Å²) >= 11 is 0. The molecule has 172 valence electrons. The lowest BCUT2D eigenvalue weighted by Crippen LogP contribution is -2.53. The van der Waals surface area contributed by atoms with E-state index in [1.807, 2.05) is 9.80 Å². The lowest BCUT2D eigenvalue weighted by atomic mass is 10.0. The first kappa shape index (κ1) is 22.1. The minimum Gasteiger partial charge on any atom is -0.391 e. The number of nitrogens with one attached hydrogen (secondary N) is 1. The van der Waals surface area contributed by atoms with Gasteiger partial charge >= 0.3 is 0 Å². The third-order valence-corrected chi connectivity index (χ3v) is 5.76. The van der Waals surface area contributed by atoms with E-state index in [4.69, 9.17) is 22.9 Å². The molecule has 2 aliphatic heterocycles. The fourth-order valence-corrected chi connectivity index (χ4v) is 4.23. The number of aliphatic hydroxyl groups excluding tert-OH is 1. The monoisotopic (exact) mass is 442 g/mol. The van der Waals surface area contributed by atoms with Gasteiger partial charge < -0.3 is 43.2 Å². The maximum absolute atomic E-state index is 11.3. The van der Waals surface area contributed by atoms with Crippen molar-refractivity contribution in [2.24, 2.45) is 22.9 Å². The van der Waals surface area contributed by atoms with Crippen LogP contribution in [0.2, 0.25) is 0 Å². The highest BCUT2D eigenvalue weighted by Crippen LogP contribution is 2.27. The molecule has 0 saturated carbocycles. The maximum atomic E-state index is 11.3. The molecule has 2 aliphatic rings. The van der Waals surface area contributed by atoms with Crippen molar-refractivity contribution >= 4 is 29.4 Å². The number of aromatic nitrogens is 3. The number of β-amino-alcohol motifs (C(OH)–C–C–N with tert-alkyl or cyclic N) is 1. The van der Waals surface area contributed by atoms with Crippen molar-refractivity contribution in [3.63, 3.8) is 0 Å². The topological polar surface area (TPSA) is 199 Å². The van der Waals surface area contributed by atoms with Crippen LogP contribution in [0.4, 0.5) is 23.5 Å². The van der Waals surface area contributed by atoms with Crippen LogP contribution in [-0.2, 0) is 0 Å². The van der Waals surface area contributed by atoms with Crippen molar-refractivity contribution in [2.45, 2.75) is 37.1 Å². The molecule has 12 heteroatoms. The van der Waals surface area contributed by atoms with E-state index in [1.54, 1.807) is 24.3 Å². The van der Waals surface area contributed by atoms with Gasteiger partial charge in [-0.3, -0.25) is 4.79 Å². The Bertz CT molecular complexity index is 946. The van der Waals surface area contributed by atoms with Crippen LogP contribution in [0.1, 0.15) is 23.2 Å². The number of carbonyl (C=O) groups excluding carboxylic acids is 1. The van der Waals surface area contributed by atoms with E-state index in [2.05, 4.69) is 20.3 Å². The first-order valence-corrected chi connectivity index (χ1v) is 10.7. The molecule has 12 nitrogen and oxygen atoms in total. The fourth-order valence-electron chi connectivity index (χ4n) is 4.23. The first-order chi connectivity index (χ1) is 15.3. The second-order valence-corrected chi connectivity index (χ2v) is 8.42. The Morgan fingerprint density at radius 3 is 2.31 bits per heavy atom. The number of anilines is 4. The zero-order chi connectivity index (χ0) is 22.8. The van der Waals surface area contributed by atoms with Crippen molar-refractivity contribution in [1.29, 1.82) is 0 Å². The second-order valence-electron chi connectivity index (χ2n) is 8.42. The van der Waals surface area contributed by atoms with Crippen molar-refractivity contribution in [2.75, 3.05) is 41.3 Å². The summed E-state index contributed by atoms with van der Waals surface area (Å²) in [6.07, 6.45) is 0.784. The smallest absolute Gasteiger partial charge is 0.248 e. The van der Waals surface area contributed by atoms with E-state index in [-0.39, 0.29) is 18.1 Å². The molecule has 10 N–H and O–H groups in total. The highest BCUT2D eigenvalue weighted by molar-refractivity contribution is 5.93. The van der Waals surface area contributed by atoms with Gasteiger partial charge in [0.1, 0.15) is 0 Å². The summed E-state index contributed by atoms with van der Waals surface area (Å²) < 4.78 is 0. The number of hydrogen-bond acceptors (Lipinski definition) is 11. The number of hydrogen-bond donors (Lipinski definition) is 6. The molecule has 2 aromatic rings. The minimum absolute atomic E-state index is 0.0752. The van der Waals surface area contributed by atoms with Crippen LogP contribution in [-0.4, -0.2) is 76.4 Å². The molecule has 0 aliphatic carbocycles. The summed E-state index contributed by atoms with van der Waals surface area (Å²) in [6, 6.07) is 6.45. The predicted octanol–water partition coefficient (Wildman–Crippen LogP) is -1.52. The van der Waals surface area contributed by atoms with Crippen molar-refractivity contribution < 1.29 is 9.90 Å². The molecule has 1 aromatic heterocycles. The molecular formula is C20H30N10O2. The lowest BCUT2D eigenvalue weighted by molar-refractivity contribution is 0.100. The zero-order valence-corrected chi connectivity index (χ0v) is 17.8. The Balaban J connectivity index is 1.67. The van der Waals surface area contributed by atoms with Crippen LogP contribution >= 0.6 is 0 Å². The number of nitrogens with two attached hydrogens (primary N) is 4. The van der Waals surface area contributed by atoms with Crippen molar-refractivity contribution in [3.05, 3.63) is 29.8 Å². The highest BCUT2D eigenvalue weighted by Gasteiger charge is 2.33. The average molecular weight is 443 g/mol. The van der Waals surface area contributed by atoms with Crippen LogP contribution in [0, 0.1) is 0 Å². The van der Waals surface area contributed by atoms with Gasteiger partial charge in [-0.1, -0.05) is 0 Å². The molecular weight excluding hydrogens is 412 g/mol. The Hall–Kier alpha value is -3.06. The molecule has 1 aromatic carbocycles. The average Bonchev–Trinajstić information content (AvgIpc) is 3.14. The van der Waals surface area contributed by atoms with Crippen LogP contribution < -0.4 is 38.1 Å². The number of piperidine rings is 1. The first-order valence-electron chi connectivity index (χ1n) is 10.7. The molecule has 0 radical (unpaired) electrons. The van der Waals surface area contributed by atoms with Crippen LogP contribution in [0.5, 0.6) is 0 Å². The number of rotatable bonds is 6. The normalized spacial score (nSPS) is 25.8. The molecule has 2 saturated heterocycles. The van der Waals surface area contributed by atoms with E-state index in [0.29, 0.717) is 61.7 Å². The van der Waals surface area contributed by atoms with E-state index >= 15 is 0 Å². The summed E-state index contributed by atoms with van der Waals surface area (Å²) in [7, 11) is 0. The van der Waals surface area contributed by atoms with Gasteiger partial charge in [0.2, 0.25) is 23.8 Å². The number of carbonyl (C=O) groups is 1. The molecule has 32 heavy (non-hydrogen) atoms. The summed E-state index contributed by atoms with van der Waals surface area (Å²) in [6.45, 7) is 1.91. The third kappa shape index (κ3) is 4.88. The highest BCUT2D eigenvalue weighted by atomic mass is 16.3. The van der Waals surface area contributed by atoms with Crippen LogP contribution in [0.3, 0.4) is 0 Å². The number of aliphatic hydroxyl groups is 1. The minimum atomic E-state index is -0.502. The van der Waals surface area contributed by atoms with Gasteiger partial charge in [-0.05, 0) is 37.1 Å². The summed E-state index contributed by atoms with van der Waals surface area (Å²) in [5.74, 6) is 0.696. The number of amides is 1. The van der Waals surface area contributed by atoms with E-state index in [0.717, 1.165) is 6.42 Å². The van der Waals surface area contributed by atoms with Gasteiger partial charge in [-0.2, -0.15) is 15.0 Å². The molecule has 3 heterocycles. The maximum Gasteiger partial charge on any atom is 0.248 e. The van der Waals surface area contributed by atoms with E-state index < -0.39 is 12.0 Å². The molecule has 2 fully saturated rings.